The lowest BCUT2D eigenvalue weighted by atomic mass is 9.93. The summed E-state index contributed by atoms with van der Waals surface area (Å²) in [5.41, 5.74) is 1.45. The molecule has 3 rings (SSSR count). The molecule has 1 aromatic carbocycles. The predicted molar refractivity (Wildman–Crippen MR) is 86.1 cm³/mol. The molecule has 4 heteroatoms. The average Bonchev–Trinajstić information content (AvgIpc) is 2.57. The third-order valence-corrected chi connectivity index (χ3v) is 4.37. The molecular weight excluding hydrogens is 276 g/mol. The Kier molecular flexibility index (Phi) is 4.68. The van der Waals surface area contributed by atoms with Gasteiger partial charge in [-0.1, -0.05) is 30.7 Å². The van der Waals surface area contributed by atoms with Crippen LogP contribution < -0.4 is 5.32 Å². The molecule has 1 fully saturated rings. The summed E-state index contributed by atoms with van der Waals surface area (Å²) in [7, 11) is 0. The third-order valence-electron chi connectivity index (χ3n) is 4.37. The van der Waals surface area contributed by atoms with Gasteiger partial charge in [-0.3, -0.25) is 9.59 Å². The first-order chi connectivity index (χ1) is 10.8. The fraction of sp³-hybridized carbons (Fsp3) is 0.444. The third kappa shape index (κ3) is 3.28. The van der Waals surface area contributed by atoms with E-state index in [1.807, 2.05) is 0 Å². The molecule has 1 aromatic rings. The normalized spacial score (nSPS) is 18.8. The number of fused-ring (bicyclic) bond motifs is 1. The molecule has 116 valence electrons. The fourth-order valence-corrected chi connectivity index (χ4v) is 3.16. The van der Waals surface area contributed by atoms with Crippen LogP contribution in [0.3, 0.4) is 0 Å². The first-order valence-electron chi connectivity index (χ1n) is 8.12. The summed E-state index contributed by atoms with van der Waals surface area (Å²) < 4.78 is 0. The van der Waals surface area contributed by atoms with Crippen molar-refractivity contribution in [2.45, 2.75) is 25.7 Å². The van der Waals surface area contributed by atoms with E-state index in [-0.39, 0.29) is 11.6 Å². The van der Waals surface area contributed by atoms with E-state index in [0.717, 1.165) is 19.5 Å². The van der Waals surface area contributed by atoms with Crippen molar-refractivity contribution in [1.29, 1.82) is 0 Å². The molecule has 2 aliphatic rings. The molecule has 1 saturated heterocycles. The summed E-state index contributed by atoms with van der Waals surface area (Å²) in [5, 5.41) is 3.15. The van der Waals surface area contributed by atoms with Crippen molar-refractivity contribution in [2.24, 2.45) is 0 Å². The number of benzene rings is 1. The van der Waals surface area contributed by atoms with Crippen LogP contribution in [0, 0.1) is 0 Å². The molecule has 0 aromatic heterocycles. The summed E-state index contributed by atoms with van der Waals surface area (Å²) in [6.07, 6.45) is 6.36. The first kappa shape index (κ1) is 15.0. The average molecular weight is 298 g/mol. The quantitative estimate of drug-likeness (QED) is 0.848. The summed E-state index contributed by atoms with van der Waals surface area (Å²) in [6.45, 7) is 4.16. The van der Waals surface area contributed by atoms with Crippen molar-refractivity contribution in [3.63, 3.8) is 0 Å². The van der Waals surface area contributed by atoms with Crippen LogP contribution in [-0.2, 0) is 0 Å². The minimum absolute atomic E-state index is 0.0758. The van der Waals surface area contributed by atoms with Crippen LogP contribution in [0.1, 0.15) is 46.4 Å². The van der Waals surface area contributed by atoms with Gasteiger partial charge in [0, 0.05) is 23.7 Å². The maximum atomic E-state index is 12.4. The van der Waals surface area contributed by atoms with Crippen LogP contribution in [0.4, 0.5) is 0 Å². The Labute approximate surface area is 131 Å². The number of carbonyl (C=O) groups excluding carboxylic acids is 2. The smallest absolute Gasteiger partial charge is 0.209 e. The molecular formula is C18H22N2O2. The van der Waals surface area contributed by atoms with Gasteiger partial charge in [0.25, 0.3) is 0 Å². The summed E-state index contributed by atoms with van der Waals surface area (Å²) in [4.78, 5) is 26.9. The van der Waals surface area contributed by atoms with Gasteiger partial charge in [-0.15, -0.1) is 0 Å². The molecule has 0 bridgehead atoms. The monoisotopic (exact) mass is 298 g/mol. The molecule has 0 unspecified atom stereocenters. The predicted octanol–water partition coefficient (Wildman–Crippen LogP) is 2.42. The lowest BCUT2D eigenvalue weighted by Gasteiger charge is -2.26. The maximum Gasteiger partial charge on any atom is 0.209 e. The van der Waals surface area contributed by atoms with Crippen molar-refractivity contribution in [2.75, 3.05) is 26.2 Å². The van der Waals surface area contributed by atoms with Gasteiger partial charge in [0.1, 0.15) is 0 Å². The van der Waals surface area contributed by atoms with Crippen molar-refractivity contribution in [3.05, 3.63) is 47.2 Å². The molecule has 0 saturated carbocycles. The second-order valence-corrected chi connectivity index (χ2v) is 5.98. The van der Waals surface area contributed by atoms with Gasteiger partial charge in [0.05, 0.1) is 5.70 Å². The lowest BCUT2D eigenvalue weighted by molar-refractivity contribution is 0.0978. The highest BCUT2D eigenvalue weighted by molar-refractivity contribution is 6.24. The lowest BCUT2D eigenvalue weighted by Crippen LogP contribution is -2.33. The molecule has 1 aliphatic carbocycles. The van der Waals surface area contributed by atoms with E-state index >= 15 is 0 Å². The van der Waals surface area contributed by atoms with Gasteiger partial charge < -0.3 is 10.2 Å². The van der Waals surface area contributed by atoms with E-state index in [2.05, 4.69) is 10.2 Å². The molecule has 0 atom stereocenters. The zero-order valence-corrected chi connectivity index (χ0v) is 12.8. The van der Waals surface area contributed by atoms with E-state index in [4.69, 9.17) is 0 Å². The van der Waals surface area contributed by atoms with Crippen LogP contribution in [-0.4, -0.2) is 42.6 Å². The molecule has 4 nitrogen and oxygen atoms in total. The number of ketones is 2. The summed E-state index contributed by atoms with van der Waals surface area (Å²) >= 11 is 0. The van der Waals surface area contributed by atoms with Gasteiger partial charge in [0.2, 0.25) is 5.78 Å². The van der Waals surface area contributed by atoms with Crippen molar-refractivity contribution < 1.29 is 9.59 Å². The van der Waals surface area contributed by atoms with E-state index in [1.54, 1.807) is 24.3 Å². The highest BCUT2D eigenvalue weighted by Crippen LogP contribution is 2.19. The van der Waals surface area contributed by atoms with Crippen molar-refractivity contribution in [3.8, 4) is 0 Å². The molecule has 1 N–H and O–H groups in total. The minimum Gasteiger partial charge on any atom is -0.382 e. The minimum atomic E-state index is -0.0891. The number of rotatable bonds is 5. The Hall–Kier alpha value is -1.94. The Morgan fingerprint density at radius 2 is 1.73 bits per heavy atom. The molecule has 0 radical (unpaired) electrons. The molecule has 0 amide bonds. The highest BCUT2D eigenvalue weighted by atomic mass is 16.1. The second kappa shape index (κ2) is 6.88. The van der Waals surface area contributed by atoms with Gasteiger partial charge >= 0.3 is 0 Å². The summed E-state index contributed by atoms with van der Waals surface area (Å²) in [6, 6.07) is 7.01. The molecule has 1 aliphatic heterocycles. The largest absolute Gasteiger partial charge is 0.382 e. The zero-order chi connectivity index (χ0) is 15.4. The van der Waals surface area contributed by atoms with Gasteiger partial charge in [-0.25, -0.2) is 0 Å². The van der Waals surface area contributed by atoms with Crippen LogP contribution in [0.2, 0.25) is 0 Å². The highest BCUT2D eigenvalue weighted by Gasteiger charge is 2.24. The number of allylic oxidation sites excluding steroid dienone is 2. The Balaban J connectivity index is 1.53. The van der Waals surface area contributed by atoms with Crippen molar-refractivity contribution >= 4 is 11.6 Å². The fourth-order valence-electron chi connectivity index (χ4n) is 3.16. The van der Waals surface area contributed by atoms with E-state index in [1.165, 1.54) is 38.4 Å². The number of piperidine rings is 1. The number of Topliss-reactive ketones (excluding diaryl/α,β-unsaturated/α-hetero) is 1. The van der Waals surface area contributed by atoms with Gasteiger partial charge in [-0.05, 0) is 38.9 Å². The number of hydrogen-bond acceptors (Lipinski definition) is 4. The van der Waals surface area contributed by atoms with E-state index in [0.29, 0.717) is 16.8 Å². The SMILES string of the molecule is O=C1C=C(NCCCN2CCCCC2)C(=O)c2ccccc21. The van der Waals surface area contributed by atoms with Crippen LogP contribution >= 0.6 is 0 Å². The molecule has 0 spiro atoms. The van der Waals surface area contributed by atoms with E-state index < -0.39 is 0 Å². The van der Waals surface area contributed by atoms with Crippen LogP contribution in [0.25, 0.3) is 0 Å². The van der Waals surface area contributed by atoms with Gasteiger partial charge in [-0.2, -0.15) is 0 Å². The standard InChI is InChI=1S/C18H22N2O2/c21-17-13-16(18(22)15-8-3-2-7-14(15)17)19-9-6-12-20-10-4-1-5-11-20/h2-3,7-8,13,19H,1,4-6,9-12H2. The Morgan fingerprint density at radius 3 is 2.50 bits per heavy atom. The van der Waals surface area contributed by atoms with E-state index in [9.17, 15) is 9.59 Å². The number of hydrogen-bond donors (Lipinski definition) is 1. The maximum absolute atomic E-state index is 12.4. The topological polar surface area (TPSA) is 49.4 Å². The molecule has 1 heterocycles. The number of nitrogens with zero attached hydrogens (tertiary/aromatic N) is 1. The Morgan fingerprint density at radius 1 is 1.00 bits per heavy atom. The second-order valence-electron chi connectivity index (χ2n) is 5.98. The number of likely N-dealkylation sites (tertiary alicyclic amines) is 1. The van der Waals surface area contributed by atoms with Gasteiger partial charge in [0.15, 0.2) is 5.78 Å². The Bertz CT molecular complexity index is 601. The van der Waals surface area contributed by atoms with Crippen molar-refractivity contribution in [1.82, 2.24) is 10.2 Å². The van der Waals surface area contributed by atoms with Crippen LogP contribution in [0.5, 0.6) is 0 Å². The molecule has 22 heavy (non-hydrogen) atoms. The van der Waals surface area contributed by atoms with Crippen LogP contribution in [0.15, 0.2) is 36.0 Å². The zero-order valence-electron chi connectivity index (χ0n) is 12.8. The first-order valence-corrected chi connectivity index (χ1v) is 8.12. The number of carbonyl (C=O) groups is 2. The summed E-state index contributed by atoms with van der Waals surface area (Å²) in [5.74, 6) is -0.165. The number of nitrogens with one attached hydrogen (secondary N) is 1.